The van der Waals surface area contributed by atoms with Gasteiger partial charge in [0.05, 0.1) is 5.69 Å². The molecule has 28 heavy (non-hydrogen) atoms. The molecule has 0 spiro atoms. The van der Waals surface area contributed by atoms with Gasteiger partial charge in [-0.3, -0.25) is 0 Å². The number of nitrogens with zero attached hydrogens (tertiary/aromatic N) is 9. The van der Waals surface area contributed by atoms with Crippen molar-refractivity contribution < 1.29 is 0 Å². The third kappa shape index (κ3) is 2.90. The molecule has 5 rings (SSSR count). The van der Waals surface area contributed by atoms with Crippen LogP contribution < -0.4 is 9.80 Å². The molecular weight excluding hydrogens is 354 g/mol. The molecule has 0 radical (unpaired) electrons. The van der Waals surface area contributed by atoms with E-state index in [4.69, 9.17) is 0 Å². The van der Waals surface area contributed by atoms with E-state index in [1.54, 1.807) is 17.3 Å². The van der Waals surface area contributed by atoms with Gasteiger partial charge in [0.25, 0.3) is 0 Å². The Balaban J connectivity index is 1.41. The number of hydrogen-bond acceptors (Lipinski definition) is 8. The first-order valence-corrected chi connectivity index (χ1v) is 9.20. The first-order valence-electron chi connectivity index (χ1n) is 9.20. The van der Waals surface area contributed by atoms with E-state index >= 15 is 0 Å². The molecule has 1 aliphatic heterocycles. The summed E-state index contributed by atoms with van der Waals surface area (Å²) < 4.78 is 1.75. The lowest BCUT2D eigenvalue weighted by atomic mass is 10.3. The minimum atomic E-state index is 0.713. The van der Waals surface area contributed by atoms with Gasteiger partial charge in [-0.1, -0.05) is 23.4 Å². The molecular formula is C19H19N9. The molecule has 0 unspecified atom stereocenters. The Labute approximate surface area is 161 Å². The van der Waals surface area contributed by atoms with Crippen LogP contribution in [0.2, 0.25) is 0 Å². The quantitative estimate of drug-likeness (QED) is 0.535. The van der Waals surface area contributed by atoms with E-state index < -0.39 is 0 Å². The number of benzene rings is 1. The zero-order valence-electron chi connectivity index (χ0n) is 15.5. The predicted molar refractivity (Wildman–Crippen MR) is 106 cm³/mol. The Hall–Kier alpha value is -3.62. The molecule has 0 saturated carbocycles. The summed E-state index contributed by atoms with van der Waals surface area (Å²) in [6, 6.07) is 11.9. The van der Waals surface area contributed by atoms with E-state index in [-0.39, 0.29) is 0 Å². The van der Waals surface area contributed by atoms with Crippen LogP contribution in [0.5, 0.6) is 0 Å². The largest absolute Gasteiger partial charge is 0.353 e. The second-order valence-electron chi connectivity index (χ2n) is 6.70. The van der Waals surface area contributed by atoms with Gasteiger partial charge in [0, 0.05) is 37.9 Å². The minimum absolute atomic E-state index is 0.713. The van der Waals surface area contributed by atoms with Gasteiger partial charge >= 0.3 is 0 Å². The van der Waals surface area contributed by atoms with Crippen molar-refractivity contribution in [1.82, 2.24) is 34.9 Å². The summed E-state index contributed by atoms with van der Waals surface area (Å²) in [6.45, 7) is 5.35. The van der Waals surface area contributed by atoms with Crippen molar-refractivity contribution in [3.8, 4) is 5.69 Å². The Kier molecular flexibility index (Phi) is 4.04. The highest BCUT2D eigenvalue weighted by Gasteiger charge is 2.23. The van der Waals surface area contributed by atoms with Gasteiger partial charge in [-0.05, 0) is 19.1 Å². The summed E-state index contributed by atoms with van der Waals surface area (Å²) in [5.41, 5.74) is 3.34. The van der Waals surface area contributed by atoms with Gasteiger partial charge in [0.1, 0.15) is 18.5 Å². The minimum Gasteiger partial charge on any atom is -0.353 e. The predicted octanol–water partition coefficient (Wildman–Crippen LogP) is 1.64. The number of rotatable bonds is 3. The number of aryl methyl sites for hydroxylation is 1. The monoisotopic (exact) mass is 373 g/mol. The number of aromatic nitrogens is 7. The van der Waals surface area contributed by atoms with E-state index in [1.807, 2.05) is 43.3 Å². The molecule has 0 bridgehead atoms. The zero-order valence-corrected chi connectivity index (χ0v) is 15.5. The number of fused-ring (bicyclic) bond motifs is 1. The van der Waals surface area contributed by atoms with Gasteiger partial charge in [-0.15, -0.1) is 5.10 Å². The fourth-order valence-corrected chi connectivity index (χ4v) is 3.47. The lowest BCUT2D eigenvalue weighted by molar-refractivity contribution is 0.641. The SMILES string of the molecule is Cc1cc(N2CCN(c3ncnc4c3nnn4-c3ccccc3)CC2)ncn1. The van der Waals surface area contributed by atoms with Crippen LogP contribution in [-0.4, -0.2) is 61.1 Å². The Morgan fingerprint density at radius 2 is 1.57 bits per heavy atom. The lowest BCUT2D eigenvalue weighted by Crippen LogP contribution is -2.47. The summed E-state index contributed by atoms with van der Waals surface area (Å²) in [6.07, 6.45) is 3.20. The highest BCUT2D eigenvalue weighted by atomic mass is 15.5. The van der Waals surface area contributed by atoms with Crippen LogP contribution in [0.1, 0.15) is 5.69 Å². The van der Waals surface area contributed by atoms with Gasteiger partial charge in [0.15, 0.2) is 17.0 Å². The van der Waals surface area contributed by atoms with Crippen LogP contribution in [0.25, 0.3) is 16.9 Å². The third-order valence-corrected chi connectivity index (χ3v) is 4.91. The number of piperazine rings is 1. The molecule has 0 amide bonds. The van der Waals surface area contributed by atoms with Crippen molar-refractivity contribution in [3.05, 3.63) is 54.7 Å². The average molecular weight is 373 g/mol. The van der Waals surface area contributed by atoms with Crippen LogP contribution in [0.3, 0.4) is 0 Å². The van der Waals surface area contributed by atoms with Crippen molar-refractivity contribution in [3.63, 3.8) is 0 Å². The van der Waals surface area contributed by atoms with Gasteiger partial charge in [-0.2, -0.15) is 4.68 Å². The van der Waals surface area contributed by atoms with Crippen LogP contribution in [0.4, 0.5) is 11.6 Å². The molecule has 0 atom stereocenters. The Morgan fingerprint density at radius 3 is 2.36 bits per heavy atom. The van der Waals surface area contributed by atoms with Gasteiger partial charge in [0.2, 0.25) is 0 Å². The normalized spacial score (nSPS) is 14.6. The van der Waals surface area contributed by atoms with Crippen molar-refractivity contribution in [1.29, 1.82) is 0 Å². The second kappa shape index (κ2) is 6.84. The summed E-state index contributed by atoms with van der Waals surface area (Å²) >= 11 is 0. The molecule has 1 fully saturated rings. The zero-order chi connectivity index (χ0) is 18.9. The van der Waals surface area contributed by atoms with Crippen LogP contribution in [-0.2, 0) is 0 Å². The lowest BCUT2D eigenvalue weighted by Gasteiger charge is -2.35. The molecule has 9 heteroatoms. The molecule has 1 aliphatic rings. The summed E-state index contributed by atoms with van der Waals surface area (Å²) in [4.78, 5) is 22.0. The molecule has 4 aromatic rings. The van der Waals surface area contributed by atoms with Crippen molar-refractivity contribution in [2.45, 2.75) is 6.92 Å². The maximum absolute atomic E-state index is 4.50. The molecule has 3 aromatic heterocycles. The number of para-hydroxylation sites is 1. The molecule has 4 heterocycles. The van der Waals surface area contributed by atoms with Crippen molar-refractivity contribution in [2.24, 2.45) is 0 Å². The molecule has 1 saturated heterocycles. The summed E-state index contributed by atoms with van der Waals surface area (Å²) in [5.74, 6) is 1.79. The third-order valence-electron chi connectivity index (χ3n) is 4.91. The fourth-order valence-electron chi connectivity index (χ4n) is 3.47. The van der Waals surface area contributed by atoms with Crippen molar-refractivity contribution >= 4 is 22.8 Å². The fraction of sp³-hybridized carbons (Fsp3) is 0.263. The number of hydrogen-bond donors (Lipinski definition) is 0. The summed E-state index contributed by atoms with van der Waals surface area (Å²) in [7, 11) is 0. The van der Waals surface area contributed by atoms with Crippen LogP contribution in [0, 0.1) is 6.92 Å². The van der Waals surface area contributed by atoms with E-state index in [2.05, 4.69) is 40.0 Å². The van der Waals surface area contributed by atoms with Gasteiger partial charge < -0.3 is 9.80 Å². The van der Waals surface area contributed by atoms with Crippen molar-refractivity contribution in [2.75, 3.05) is 36.0 Å². The van der Waals surface area contributed by atoms with E-state index in [1.165, 1.54) is 0 Å². The standard InChI is InChI=1S/C19H19N9/c1-14-11-16(21-12-20-14)26-7-9-27(10-8-26)18-17-19(23-13-22-18)28(25-24-17)15-5-3-2-4-6-15/h2-6,11-13H,7-10H2,1H3. The van der Waals surface area contributed by atoms with E-state index in [0.29, 0.717) is 5.65 Å². The molecule has 0 N–H and O–H groups in total. The highest BCUT2D eigenvalue weighted by molar-refractivity contribution is 5.83. The summed E-state index contributed by atoms with van der Waals surface area (Å²) in [5, 5.41) is 8.67. The van der Waals surface area contributed by atoms with Crippen LogP contribution >= 0.6 is 0 Å². The maximum Gasteiger partial charge on any atom is 0.189 e. The first-order chi connectivity index (χ1) is 13.8. The Bertz CT molecular complexity index is 1100. The van der Waals surface area contributed by atoms with E-state index in [9.17, 15) is 0 Å². The average Bonchev–Trinajstić information content (AvgIpc) is 3.19. The molecule has 140 valence electrons. The van der Waals surface area contributed by atoms with Gasteiger partial charge in [-0.25, -0.2) is 19.9 Å². The molecule has 0 aliphatic carbocycles. The molecule has 1 aromatic carbocycles. The Morgan fingerprint density at radius 1 is 0.821 bits per heavy atom. The topological polar surface area (TPSA) is 88.8 Å². The van der Waals surface area contributed by atoms with Crippen LogP contribution in [0.15, 0.2) is 49.1 Å². The maximum atomic E-state index is 4.50. The smallest absolute Gasteiger partial charge is 0.189 e. The second-order valence-corrected chi connectivity index (χ2v) is 6.70. The molecule has 9 nitrogen and oxygen atoms in total. The van der Waals surface area contributed by atoms with E-state index in [0.717, 1.165) is 54.7 Å². The number of anilines is 2. The highest BCUT2D eigenvalue weighted by Crippen LogP contribution is 2.24. The first kappa shape index (κ1) is 16.5.